The molecule has 1 aliphatic rings. The molecule has 0 fully saturated rings. The number of hydrogen-bond acceptors (Lipinski definition) is 2. The topological polar surface area (TPSA) is 40.2 Å². The summed E-state index contributed by atoms with van der Waals surface area (Å²) in [7, 11) is 0. The van der Waals surface area contributed by atoms with Gasteiger partial charge < -0.3 is 5.73 Å². The second-order valence-electron chi connectivity index (χ2n) is 6.57. The maximum Gasteiger partial charge on any atom is 0.269 e. The van der Waals surface area contributed by atoms with Gasteiger partial charge in [-0.1, -0.05) is 48.1 Å². The minimum absolute atomic E-state index is 0.898. The first-order valence-corrected chi connectivity index (χ1v) is 9.34. The Kier molecular flexibility index (Phi) is 3.82. The second-order valence-corrected chi connectivity index (χ2v) is 7.68. The fourth-order valence-electron chi connectivity index (χ4n) is 3.74. The highest BCUT2D eigenvalue weighted by Crippen LogP contribution is 2.38. The molecule has 3 aromatic rings. The Bertz CT molecular complexity index is 849. The number of nitrogens with two attached hydrogens (primary N) is 1. The average molecular weight is 323 g/mol. The van der Waals surface area contributed by atoms with Gasteiger partial charge in [0.05, 0.1) is 11.1 Å². The van der Waals surface area contributed by atoms with E-state index in [0.717, 1.165) is 12.1 Å². The minimum atomic E-state index is 0.898. The molecule has 0 atom stereocenters. The van der Waals surface area contributed by atoms with E-state index in [-0.39, 0.29) is 0 Å². The van der Waals surface area contributed by atoms with Gasteiger partial charge in [-0.15, -0.1) is 0 Å². The van der Waals surface area contributed by atoms with Gasteiger partial charge in [0.25, 0.3) is 4.83 Å². The SMILES string of the molecule is Cc1[nH+]c2sc3c(c2c(N)c1Cc1ccccc1)CCCCC3. The van der Waals surface area contributed by atoms with E-state index in [1.165, 1.54) is 64.7 Å². The van der Waals surface area contributed by atoms with Crippen LogP contribution in [0.4, 0.5) is 5.69 Å². The molecule has 0 saturated heterocycles. The normalized spacial score (nSPS) is 14.7. The van der Waals surface area contributed by atoms with Gasteiger partial charge in [-0.2, -0.15) is 4.98 Å². The van der Waals surface area contributed by atoms with Gasteiger partial charge in [-0.25, -0.2) is 0 Å². The summed E-state index contributed by atoms with van der Waals surface area (Å²) in [4.78, 5) is 6.46. The van der Waals surface area contributed by atoms with Gasteiger partial charge in [0.2, 0.25) is 0 Å². The van der Waals surface area contributed by atoms with Crippen LogP contribution in [0.5, 0.6) is 0 Å². The molecule has 0 saturated carbocycles. The fraction of sp³-hybridized carbons (Fsp3) is 0.350. The average Bonchev–Trinajstić information content (AvgIpc) is 2.74. The Morgan fingerprint density at radius 1 is 1.09 bits per heavy atom. The molecule has 1 aromatic carbocycles. The Morgan fingerprint density at radius 2 is 1.87 bits per heavy atom. The molecular formula is C20H23N2S+. The smallest absolute Gasteiger partial charge is 0.269 e. The van der Waals surface area contributed by atoms with Crippen LogP contribution < -0.4 is 10.7 Å². The quantitative estimate of drug-likeness (QED) is 0.695. The van der Waals surface area contributed by atoms with Gasteiger partial charge >= 0.3 is 0 Å². The lowest BCUT2D eigenvalue weighted by atomic mass is 9.98. The molecule has 118 valence electrons. The number of nitrogen functional groups attached to an aromatic ring is 1. The first-order chi connectivity index (χ1) is 11.2. The molecule has 2 heterocycles. The lowest BCUT2D eigenvalue weighted by Crippen LogP contribution is -2.14. The fourth-order valence-corrected chi connectivity index (χ4v) is 5.10. The highest BCUT2D eigenvalue weighted by molar-refractivity contribution is 7.18. The van der Waals surface area contributed by atoms with Crippen molar-refractivity contribution in [3.8, 4) is 0 Å². The third kappa shape index (κ3) is 2.63. The van der Waals surface area contributed by atoms with Gasteiger partial charge in [0.1, 0.15) is 0 Å². The number of benzene rings is 1. The standard InChI is InChI=1S/C20H22N2S/c1-13-16(12-14-8-4-2-5-9-14)19(21)18-15-10-6-3-7-11-17(15)23-20(18)22-13/h2,4-5,8-9H,3,6-7,10-12H2,1H3,(H2,21,22)/p+1. The first-order valence-electron chi connectivity index (χ1n) is 8.52. The van der Waals surface area contributed by atoms with E-state index in [2.05, 4.69) is 42.2 Å². The van der Waals surface area contributed by atoms with Gasteiger partial charge in [0.15, 0.2) is 5.69 Å². The van der Waals surface area contributed by atoms with Gasteiger partial charge in [0, 0.05) is 23.8 Å². The van der Waals surface area contributed by atoms with Crippen LogP contribution in [0.1, 0.15) is 46.5 Å². The Morgan fingerprint density at radius 3 is 2.70 bits per heavy atom. The van der Waals surface area contributed by atoms with Crippen molar-refractivity contribution in [3.63, 3.8) is 0 Å². The van der Waals surface area contributed by atoms with Crippen molar-refractivity contribution in [2.75, 3.05) is 5.73 Å². The number of aryl methyl sites for hydroxylation is 3. The van der Waals surface area contributed by atoms with E-state index >= 15 is 0 Å². The maximum absolute atomic E-state index is 6.67. The van der Waals surface area contributed by atoms with E-state index in [4.69, 9.17) is 5.73 Å². The van der Waals surface area contributed by atoms with E-state index < -0.39 is 0 Å². The van der Waals surface area contributed by atoms with Crippen molar-refractivity contribution in [2.45, 2.75) is 45.4 Å². The number of H-pyrrole nitrogens is 1. The molecule has 0 unspecified atom stereocenters. The van der Waals surface area contributed by atoms with Crippen LogP contribution in [0, 0.1) is 6.92 Å². The summed E-state index contributed by atoms with van der Waals surface area (Å²) in [6.07, 6.45) is 7.25. The van der Waals surface area contributed by atoms with Crippen LogP contribution >= 0.6 is 11.3 Å². The third-order valence-corrected chi connectivity index (χ3v) is 6.20. The summed E-state index contributed by atoms with van der Waals surface area (Å²) in [5, 5.41) is 1.31. The minimum Gasteiger partial charge on any atom is -0.398 e. The predicted molar refractivity (Wildman–Crippen MR) is 98.0 cm³/mol. The van der Waals surface area contributed by atoms with Crippen molar-refractivity contribution >= 4 is 27.2 Å². The molecule has 0 amide bonds. The Labute approximate surface area is 141 Å². The van der Waals surface area contributed by atoms with E-state index in [0.29, 0.717) is 0 Å². The molecule has 0 bridgehead atoms. The number of nitrogens with one attached hydrogen (secondary N) is 1. The van der Waals surface area contributed by atoms with Crippen LogP contribution in [0.3, 0.4) is 0 Å². The summed E-state index contributed by atoms with van der Waals surface area (Å²) >= 11 is 1.92. The molecule has 2 aromatic heterocycles. The molecule has 3 heteroatoms. The zero-order valence-electron chi connectivity index (χ0n) is 13.6. The zero-order chi connectivity index (χ0) is 15.8. The molecular weight excluding hydrogens is 300 g/mol. The number of aromatic nitrogens is 1. The first kappa shape index (κ1) is 14.7. The van der Waals surface area contributed by atoms with Crippen LogP contribution in [-0.4, -0.2) is 0 Å². The molecule has 0 aliphatic heterocycles. The third-order valence-electron chi connectivity index (χ3n) is 4.99. The number of rotatable bonds is 2. The van der Waals surface area contributed by atoms with Crippen molar-refractivity contribution in [1.29, 1.82) is 0 Å². The van der Waals surface area contributed by atoms with Crippen molar-refractivity contribution in [1.82, 2.24) is 0 Å². The van der Waals surface area contributed by atoms with E-state index in [1.54, 1.807) is 4.88 Å². The maximum atomic E-state index is 6.67. The lowest BCUT2D eigenvalue weighted by molar-refractivity contribution is -0.352. The molecule has 0 radical (unpaired) electrons. The van der Waals surface area contributed by atoms with Crippen LogP contribution in [0.25, 0.3) is 10.2 Å². The summed E-state index contributed by atoms with van der Waals surface area (Å²) < 4.78 is 0. The number of aromatic amines is 1. The molecule has 1 aliphatic carbocycles. The monoisotopic (exact) mass is 323 g/mol. The molecule has 4 rings (SSSR count). The lowest BCUT2D eigenvalue weighted by Gasteiger charge is -2.08. The van der Waals surface area contributed by atoms with Gasteiger partial charge in [-0.05, 0) is 36.8 Å². The van der Waals surface area contributed by atoms with Crippen LogP contribution in [0.15, 0.2) is 30.3 Å². The number of anilines is 1. The summed E-state index contributed by atoms with van der Waals surface area (Å²) in [6, 6.07) is 10.6. The molecule has 0 spiro atoms. The van der Waals surface area contributed by atoms with Crippen molar-refractivity contribution in [2.24, 2.45) is 0 Å². The van der Waals surface area contributed by atoms with Gasteiger partial charge in [-0.3, -0.25) is 0 Å². The number of pyridine rings is 1. The summed E-state index contributed by atoms with van der Waals surface area (Å²) in [5.41, 5.74) is 13.0. The molecule has 3 N–H and O–H groups in total. The van der Waals surface area contributed by atoms with Crippen molar-refractivity contribution in [3.05, 3.63) is 57.6 Å². The Balaban J connectivity index is 1.86. The number of thiophene rings is 1. The second kappa shape index (κ2) is 5.97. The largest absolute Gasteiger partial charge is 0.398 e. The van der Waals surface area contributed by atoms with Crippen LogP contribution in [-0.2, 0) is 19.3 Å². The van der Waals surface area contributed by atoms with Crippen molar-refractivity contribution < 1.29 is 4.98 Å². The molecule has 2 nitrogen and oxygen atoms in total. The zero-order valence-corrected chi connectivity index (χ0v) is 14.4. The highest BCUT2D eigenvalue weighted by Gasteiger charge is 2.24. The summed E-state index contributed by atoms with van der Waals surface area (Å²) in [6.45, 7) is 2.15. The highest BCUT2D eigenvalue weighted by atomic mass is 32.1. The van der Waals surface area contributed by atoms with E-state index in [9.17, 15) is 0 Å². The number of fused-ring (bicyclic) bond motifs is 3. The molecule has 23 heavy (non-hydrogen) atoms. The van der Waals surface area contributed by atoms with E-state index in [1.807, 2.05) is 11.3 Å². The van der Waals surface area contributed by atoms with Crippen LogP contribution in [0.2, 0.25) is 0 Å². The predicted octanol–water partition coefficient (Wildman–Crippen LogP) is 4.47. The number of hydrogen-bond donors (Lipinski definition) is 1. The Hall–Kier alpha value is -1.87. The summed E-state index contributed by atoms with van der Waals surface area (Å²) in [5.74, 6) is 0.